The van der Waals surface area contributed by atoms with Crippen LogP contribution in [-0.4, -0.2) is 122 Å². The average molecular weight is 497 g/mol. The van der Waals surface area contributed by atoms with Crippen LogP contribution in [0.25, 0.3) is 0 Å². The van der Waals surface area contributed by atoms with Crippen LogP contribution in [0.4, 0.5) is 0 Å². The summed E-state index contributed by atoms with van der Waals surface area (Å²) in [6, 6.07) is 0. The second kappa shape index (κ2) is 46.1. The number of aliphatic hydroxyl groups excluding tert-OH is 3. The SMILES string of the molecule is CC.CC.CC.CCN1CCCNCCN(CCO)CCCN(CC)CCC1.CCO.CCO. The van der Waals surface area contributed by atoms with Crippen LogP contribution < -0.4 is 5.32 Å². The van der Waals surface area contributed by atoms with Gasteiger partial charge in [-0.1, -0.05) is 55.4 Å². The maximum atomic E-state index is 9.20. The summed E-state index contributed by atoms with van der Waals surface area (Å²) in [6.07, 6.45) is 3.70. The minimum Gasteiger partial charge on any atom is -0.397 e. The first-order chi connectivity index (χ1) is 16.6. The normalized spacial score (nSPS) is 16.5. The molecule has 0 aromatic carbocycles. The quantitative estimate of drug-likeness (QED) is 0.471. The molecule has 0 amide bonds. The molecule has 1 fully saturated rings. The van der Waals surface area contributed by atoms with Gasteiger partial charge in [-0.25, -0.2) is 0 Å². The van der Waals surface area contributed by atoms with E-state index in [1.807, 2.05) is 41.5 Å². The molecule has 0 spiro atoms. The van der Waals surface area contributed by atoms with E-state index >= 15 is 0 Å². The van der Waals surface area contributed by atoms with Crippen molar-refractivity contribution in [3.8, 4) is 0 Å². The van der Waals surface area contributed by atoms with Gasteiger partial charge in [-0.3, -0.25) is 4.90 Å². The highest BCUT2D eigenvalue weighted by atomic mass is 16.3. The fraction of sp³-hybridized carbons (Fsp3) is 1.00. The summed E-state index contributed by atoms with van der Waals surface area (Å²) in [6.45, 7) is 32.9. The van der Waals surface area contributed by atoms with Gasteiger partial charge in [-0.2, -0.15) is 0 Å². The molecule has 4 N–H and O–H groups in total. The molecule has 0 aromatic heterocycles. The zero-order valence-corrected chi connectivity index (χ0v) is 25.2. The zero-order valence-electron chi connectivity index (χ0n) is 25.2. The third-order valence-corrected chi connectivity index (χ3v) is 4.64. The van der Waals surface area contributed by atoms with Crippen LogP contribution >= 0.6 is 0 Å². The molecule has 7 nitrogen and oxygen atoms in total. The summed E-state index contributed by atoms with van der Waals surface area (Å²) in [5.74, 6) is 0. The second-order valence-electron chi connectivity index (χ2n) is 6.88. The van der Waals surface area contributed by atoms with Crippen LogP contribution in [0.2, 0.25) is 0 Å². The van der Waals surface area contributed by atoms with Gasteiger partial charge in [0.15, 0.2) is 0 Å². The van der Waals surface area contributed by atoms with Gasteiger partial charge < -0.3 is 30.4 Å². The highest BCUT2D eigenvalue weighted by molar-refractivity contribution is 4.66. The molecule has 1 aliphatic rings. The smallest absolute Gasteiger partial charge is 0.0558 e. The molecule has 7 heteroatoms. The van der Waals surface area contributed by atoms with Crippen molar-refractivity contribution in [1.29, 1.82) is 0 Å². The molecule has 1 saturated heterocycles. The van der Waals surface area contributed by atoms with E-state index in [1.165, 1.54) is 45.4 Å². The van der Waals surface area contributed by atoms with Gasteiger partial charge in [-0.05, 0) is 85.5 Å². The van der Waals surface area contributed by atoms with Crippen molar-refractivity contribution in [2.75, 3.05) is 91.8 Å². The molecule has 214 valence electrons. The average Bonchev–Trinajstić information content (AvgIpc) is 2.88. The lowest BCUT2D eigenvalue weighted by Gasteiger charge is -2.25. The Balaban J connectivity index is -0.000000199. The highest BCUT2D eigenvalue weighted by Crippen LogP contribution is 2.00. The fourth-order valence-electron chi connectivity index (χ4n) is 3.16. The van der Waals surface area contributed by atoms with Gasteiger partial charge in [0.1, 0.15) is 0 Å². The zero-order chi connectivity index (χ0) is 27.5. The van der Waals surface area contributed by atoms with Crippen molar-refractivity contribution in [3.63, 3.8) is 0 Å². The molecule has 0 atom stereocenters. The molecule has 0 radical (unpaired) electrons. The Kier molecular flexibility index (Phi) is 59.4. The Labute approximate surface area is 215 Å². The highest BCUT2D eigenvalue weighted by Gasteiger charge is 2.09. The monoisotopic (exact) mass is 497 g/mol. The lowest BCUT2D eigenvalue weighted by Crippen LogP contribution is -2.36. The summed E-state index contributed by atoms with van der Waals surface area (Å²) in [4.78, 5) is 7.54. The summed E-state index contributed by atoms with van der Waals surface area (Å²) in [5.41, 5.74) is 0. The molecule has 0 aliphatic carbocycles. The lowest BCUT2D eigenvalue weighted by atomic mass is 10.3. The molecular weight excluding hydrogens is 428 g/mol. The molecular formula is C27H68N4O3. The van der Waals surface area contributed by atoms with E-state index in [0.29, 0.717) is 0 Å². The van der Waals surface area contributed by atoms with Crippen molar-refractivity contribution in [1.82, 2.24) is 20.0 Å². The van der Waals surface area contributed by atoms with Crippen LogP contribution in [0, 0.1) is 0 Å². The molecule has 34 heavy (non-hydrogen) atoms. The van der Waals surface area contributed by atoms with Gasteiger partial charge >= 0.3 is 0 Å². The number of rotatable bonds is 4. The number of hydrogen-bond acceptors (Lipinski definition) is 7. The Morgan fingerprint density at radius 1 is 0.529 bits per heavy atom. The number of aliphatic hydroxyl groups is 3. The second-order valence-corrected chi connectivity index (χ2v) is 6.88. The minimum absolute atomic E-state index is 0.250. The Morgan fingerprint density at radius 2 is 0.882 bits per heavy atom. The van der Waals surface area contributed by atoms with Crippen LogP contribution in [-0.2, 0) is 0 Å². The Morgan fingerprint density at radius 3 is 1.24 bits per heavy atom. The topological polar surface area (TPSA) is 82.4 Å². The maximum Gasteiger partial charge on any atom is 0.0558 e. The predicted octanol–water partition coefficient (Wildman–Crippen LogP) is 3.77. The first-order valence-electron chi connectivity index (χ1n) is 14.3. The largest absolute Gasteiger partial charge is 0.397 e. The molecule has 0 saturated carbocycles. The third-order valence-electron chi connectivity index (χ3n) is 4.64. The maximum absolute atomic E-state index is 9.20. The van der Waals surface area contributed by atoms with Crippen LogP contribution in [0.5, 0.6) is 0 Å². The van der Waals surface area contributed by atoms with Crippen molar-refractivity contribution >= 4 is 0 Å². The van der Waals surface area contributed by atoms with Crippen LogP contribution in [0.3, 0.4) is 0 Å². The summed E-state index contributed by atoms with van der Waals surface area (Å²) < 4.78 is 0. The van der Waals surface area contributed by atoms with Crippen molar-refractivity contribution in [3.05, 3.63) is 0 Å². The molecule has 1 aliphatic heterocycles. The third kappa shape index (κ3) is 39.0. The number of β-amino-alcohol motifs (C(OH)–C–C–N with tert-alkyl or cyclic N) is 1. The van der Waals surface area contributed by atoms with Crippen molar-refractivity contribution in [2.45, 2.75) is 88.5 Å². The standard InChI is InChI=1S/C17H38N4O.2C2H6O.3C2H6/c1-3-19-10-5-8-18-9-15-21(16-17-22)14-7-13-20(4-2)12-6-11-19;2*1-2-3;3*1-2/h18,22H,3-17H2,1-2H3;2*3H,2H2,1H3;3*1-2H3. The molecule has 1 heterocycles. The predicted molar refractivity (Wildman–Crippen MR) is 154 cm³/mol. The van der Waals surface area contributed by atoms with E-state index in [9.17, 15) is 5.11 Å². The lowest BCUT2D eigenvalue weighted by molar-refractivity contribution is 0.183. The summed E-state index contributed by atoms with van der Waals surface area (Å²) >= 11 is 0. The van der Waals surface area contributed by atoms with Gasteiger partial charge in [0.05, 0.1) is 6.61 Å². The number of nitrogens with one attached hydrogen (secondary N) is 1. The van der Waals surface area contributed by atoms with Crippen molar-refractivity contribution < 1.29 is 15.3 Å². The molecule has 0 unspecified atom stereocenters. The first kappa shape index (κ1) is 43.8. The number of nitrogens with zero attached hydrogens (tertiary/aromatic N) is 3. The Hall–Kier alpha value is -0.280. The minimum atomic E-state index is 0.250. The van der Waals surface area contributed by atoms with E-state index in [4.69, 9.17) is 10.2 Å². The van der Waals surface area contributed by atoms with E-state index in [2.05, 4.69) is 33.9 Å². The molecule has 0 aromatic rings. The van der Waals surface area contributed by atoms with Gasteiger partial charge in [0.25, 0.3) is 0 Å². The van der Waals surface area contributed by atoms with Gasteiger partial charge in [0, 0.05) is 32.8 Å². The summed E-state index contributed by atoms with van der Waals surface area (Å²) in [5, 5.41) is 27.9. The molecule has 1 rings (SSSR count). The Bertz CT molecular complexity index is 287. The van der Waals surface area contributed by atoms with E-state index in [0.717, 1.165) is 45.8 Å². The molecule has 0 bridgehead atoms. The fourth-order valence-corrected chi connectivity index (χ4v) is 3.16. The van der Waals surface area contributed by atoms with Gasteiger partial charge in [-0.15, -0.1) is 0 Å². The van der Waals surface area contributed by atoms with E-state index in [-0.39, 0.29) is 19.8 Å². The van der Waals surface area contributed by atoms with E-state index in [1.54, 1.807) is 13.8 Å². The number of hydrogen-bond donors (Lipinski definition) is 4. The first-order valence-corrected chi connectivity index (χ1v) is 14.3. The summed E-state index contributed by atoms with van der Waals surface area (Å²) in [7, 11) is 0. The van der Waals surface area contributed by atoms with E-state index < -0.39 is 0 Å². The van der Waals surface area contributed by atoms with Crippen LogP contribution in [0.15, 0.2) is 0 Å². The van der Waals surface area contributed by atoms with Crippen molar-refractivity contribution in [2.24, 2.45) is 0 Å². The van der Waals surface area contributed by atoms with Crippen LogP contribution in [0.1, 0.15) is 88.5 Å². The van der Waals surface area contributed by atoms with Gasteiger partial charge in [0.2, 0.25) is 0 Å².